The molecule has 20 nitrogen and oxygen atoms in total. The number of aliphatic imine (C=N–C) groups is 1. The summed E-state index contributed by atoms with van der Waals surface area (Å²) < 4.78 is 30.2. The lowest BCUT2D eigenvalue weighted by atomic mass is 9.86. The average molecular weight is 975 g/mol. The topological polar surface area (TPSA) is 257 Å². The number of nitrogens with zero attached hydrogens (tertiary/aromatic N) is 6. The van der Waals surface area contributed by atoms with E-state index in [1.54, 1.807) is 51.0 Å². The van der Waals surface area contributed by atoms with Crippen LogP contribution in [-0.4, -0.2) is 145 Å². The average Bonchev–Trinajstić information content (AvgIpc) is 4.00. The van der Waals surface area contributed by atoms with Gasteiger partial charge in [-0.1, -0.05) is 35.5 Å². The first-order valence-corrected chi connectivity index (χ1v) is 24.3. The number of hydrogen-bond acceptors (Lipinski definition) is 15. The van der Waals surface area contributed by atoms with Crippen LogP contribution >= 0.6 is 0 Å². The van der Waals surface area contributed by atoms with Crippen LogP contribution in [0.5, 0.6) is 11.5 Å². The molecule has 2 saturated heterocycles. The molecule has 71 heavy (non-hydrogen) atoms. The fraction of sp³-hybridized carbons (Fsp3) is 0.451. The molecule has 4 aliphatic heterocycles. The van der Waals surface area contributed by atoms with Crippen LogP contribution in [-0.2, 0) is 52.8 Å². The molecule has 0 radical (unpaired) electrons. The molecule has 1 aromatic heterocycles. The molecule has 5 heterocycles. The van der Waals surface area contributed by atoms with Crippen LogP contribution in [0.4, 0.5) is 0 Å². The van der Waals surface area contributed by atoms with Crippen molar-refractivity contribution in [1.82, 2.24) is 35.4 Å². The summed E-state index contributed by atoms with van der Waals surface area (Å²) in [5, 5.41) is 14.1. The molecule has 0 aliphatic carbocycles. The van der Waals surface area contributed by atoms with Crippen molar-refractivity contribution in [3.05, 3.63) is 113 Å². The van der Waals surface area contributed by atoms with Gasteiger partial charge in [0.15, 0.2) is 5.69 Å². The van der Waals surface area contributed by atoms with Crippen molar-refractivity contribution in [3.63, 3.8) is 0 Å². The number of benzene rings is 3. The molecule has 4 aromatic rings. The predicted octanol–water partition coefficient (Wildman–Crippen LogP) is 3.00. The minimum atomic E-state index is -0.672. The van der Waals surface area contributed by atoms with Crippen molar-refractivity contribution < 1.29 is 47.7 Å². The second-order valence-electron chi connectivity index (χ2n) is 17.8. The molecule has 5 amide bonds. The third-order valence-electron chi connectivity index (χ3n) is 13.1. The van der Waals surface area contributed by atoms with Gasteiger partial charge in [-0.25, -0.2) is 4.68 Å². The summed E-state index contributed by atoms with van der Waals surface area (Å²) in [5.41, 5.74) is 16.3. The second-order valence-corrected chi connectivity index (χ2v) is 17.8. The Morgan fingerprint density at radius 3 is 2.15 bits per heavy atom. The maximum Gasteiger partial charge on any atom is 0.276 e. The summed E-state index contributed by atoms with van der Waals surface area (Å²) in [6, 6.07) is 21.6. The van der Waals surface area contributed by atoms with Gasteiger partial charge in [0.1, 0.15) is 28.9 Å². The van der Waals surface area contributed by atoms with Gasteiger partial charge in [0.05, 0.1) is 64.7 Å². The molecule has 0 saturated carbocycles. The Bertz CT molecular complexity index is 2560. The molecular weight excluding hydrogens is 913 g/mol. The van der Waals surface area contributed by atoms with E-state index < -0.39 is 17.9 Å². The number of ether oxygens (including phenoxy) is 5. The van der Waals surface area contributed by atoms with Crippen LogP contribution in [0, 0.1) is 5.92 Å². The van der Waals surface area contributed by atoms with Gasteiger partial charge in [0, 0.05) is 50.8 Å². The summed E-state index contributed by atoms with van der Waals surface area (Å²) in [7, 11) is 0. The van der Waals surface area contributed by atoms with Gasteiger partial charge in [0.2, 0.25) is 11.8 Å². The van der Waals surface area contributed by atoms with E-state index >= 15 is 0 Å². The SMILES string of the molecule is NC(=O)C(C1=NCC[C@@H](C2CCN(C(=O)c3cn(CCOCCOCCOCCOCCCc4cccc5c4CN(C4CCC(=O)NC4=O)C5=O)nn3)CC2)N1)=C(N)c1ccc(Oc2ccccc2)cc1. The largest absolute Gasteiger partial charge is 0.457 e. The maximum absolute atomic E-state index is 13.4. The number of fused-ring (bicyclic) bond motifs is 1. The number of nitrogens with one attached hydrogen (secondary N) is 2. The number of imide groups is 1. The number of carbonyl (C=O) groups is 5. The highest BCUT2D eigenvalue weighted by Gasteiger charge is 2.40. The molecule has 4 aliphatic rings. The Balaban J connectivity index is 0.653. The quantitative estimate of drug-likeness (QED) is 0.0448. The van der Waals surface area contributed by atoms with E-state index in [2.05, 4.69) is 25.9 Å². The minimum Gasteiger partial charge on any atom is -0.457 e. The van der Waals surface area contributed by atoms with Crippen molar-refractivity contribution >= 4 is 41.1 Å². The molecule has 1 unspecified atom stereocenters. The molecule has 0 spiro atoms. The number of piperidine rings is 2. The molecule has 2 atom stereocenters. The van der Waals surface area contributed by atoms with Crippen molar-refractivity contribution in [1.29, 1.82) is 0 Å². The lowest BCUT2D eigenvalue weighted by molar-refractivity contribution is -0.137. The molecule has 8 rings (SSSR count). The molecule has 2 fully saturated rings. The van der Waals surface area contributed by atoms with Gasteiger partial charge in [-0.05, 0) is 104 Å². The third kappa shape index (κ3) is 13.3. The number of carbonyl (C=O) groups excluding carboxylic acids is 5. The van der Waals surface area contributed by atoms with Gasteiger partial charge in [-0.3, -0.25) is 34.3 Å². The van der Waals surface area contributed by atoms with E-state index in [-0.39, 0.29) is 53.1 Å². The molecule has 6 N–H and O–H groups in total. The zero-order valence-electron chi connectivity index (χ0n) is 39.8. The molecule has 20 heteroatoms. The van der Waals surface area contributed by atoms with Gasteiger partial charge in [-0.2, -0.15) is 0 Å². The number of likely N-dealkylation sites (tertiary alicyclic amines) is 1. The van der Waals surface area contributed by atoms with Gasteiger partial charge in [-0.15, -0.1) is 5.10 Å². The summed E-state index contributed by atoms with van der Waals surface area (Å²) in [6.07, 6.45) is 6.01. The zero-order chi connectivity index (χ0) is 49.5. The van der Waals surface area contributed by atoms with Crippen LogP contribution in [0.15, 0.2) is 89.6 Å². The smallest absolute Gasteiger partial charge is 0.276 e. The number of amidine groups is 1. The molecule has 3 aromatic carbocycles. The first kappa shape index (κ1) is 50.4. The minimum absolute atomic E-state index is 0.0293. The highest BCUT2D eigenvalue weighted by molar-refractivity contribution is 6.25. The van der Waals surface area contributed by atoms with E-state index in [0.717, 1.165) is 43.2 Å². The number of amides is 5. The summed E-state index contributed by atoms with van der Waals surface area (Å²) in [5.74, 6) is 0.233. The van der Waals surface area contributed by atoms with Crippen molar-refractivity contribution in [2.75, 3.05) is 72.5 Å². The summed E-state index contributed by atoms with van der Waals surface area (Å²) in [4.78, 5) is 71.2. The van der Waals surface area contributed by atoms with Gasteiger partial charge in [0.25, 0.3) is 17.7 Å². The number of para-hydroxylation sites is 1. The molecule has 376 valence electrons. The fourth-order valence-electron chi connectivity index (χ4n) is 9.30. The number of rotatable bonds is 24. The van der Waals surface area contributed by atoms with Gasteiger partial charge >= 0.3 is 0 Å². The lowest BCUT2D eigenvalue weighted by Gasteiger charge is -2.38. The first-order chi connectivity index (χ1) is 34.6. The Morgan fingerprint density at radius 2 is 1.45 bits per heavy atom. The van der Waals surface area contributed by atoms with Crippen LogP contribution < -0.4 is 26.8 Å². The van der Waals surface area contributed by atoms with E-state index in [1.165, 1.54) is 0 Å². The predicted molar refractivity (Wildman–Crippen MR) is 260 cm³/mol. The van der Waals surface area contributed by atoms with Crippen molar-refractivity contribution in [3.8, 4) is 11.5 Å². The zero-order valence-corrected chi connectivity index (χ0v) is 39.8. The normalized spacial score (nSPS) is 18.6. The van der Waals surface area contributed by atoms with E-state index in [9.17, 15) is 24.0 Å². The Hall–Kier alpha value is -7.00. The monoisotopic (exact) mass is 974 g/mol. The number of aryl methyl sites for hydroxylation is 1. The van der Waals surface area contributed by atoms with Crippen LogP contribution in [0.3, 0.4) is 0 Å². The summed E-state index contributed by atoms with van der Waals surface area (Å²) >= 11 is 0. The number of nitrogens with two attached hydrogens (primary N) is 2. The number of hydrogen-bond donors (Lipinski definition) is 4. The number of aromatic nitrogens is 3. The Kier molecular flexibility index (Phi) is 17.5. The Labute approximate surface area is 412 Å². The summed E-state index contributed by atoms with van der Waals surface area (Å²) in [6.45, 7) is 5.85. The van der Waals surface area contributed by atoms with E-state index in [4.69, 9.17) is 35.2 Å². The van der Waals surface area contributed by atoms with Gasteiger partial charge < -0.3 is 50.3 Å². The van der Waals surface area contributed by atoms with Crippen molar-refractivity contribution in [2.24, 2.45) is 22.4 Å². The van der Waals surface area contributed by atoms with Crippen LogP contribution in [0.1, 0.15) is 76.1 Å². The lowest BCUT2D eigenvalue weighted by Crippen LogP contribution is -2.52. The van der Waals surface area contributed by atoms with Crippen LogP contribution in [0.25, 0.3) is 5.70 Å². The highest BCUT2D eigenvalue weighted by Crippen LogP contribution is 2.31. The van der Waals surface area contributed by atoms with E-state index in [0.29, 0.717) is 120 Å². The third-order valence-corrected chi connectivity index (χ3v) is 13.1. The highest BCUT2D eigenvalue weighted by atomic mass is 16.6. The first-order valence-electron chi connectivity index (χ1n) is 24.3. The maximum atomic E-state index is 13.4. The van der Waals surface area contributed by atoms with Crippen LogP contribution in [0.2, 0.25) is 0 Å². The van der Waals surface area contributed by atoms with Crippen molar-refractivity contribution in [2.45, 2.75) is 70.1 Å². The second kappa shape index (κ2) is 24.7. The van der Waals surface area contributed by atoms with E-state index in [1.807, 2.05) is 42.5 Å². The molecular formula is C51H62N10O10. The Morgan fingerprint density at radius 1 is 0.761 bits per heavy atom. The molecule has 0 bridgehead atoms. The standard InChI is InChI=1S/C51H62N10O10/c52-46(36-11-13-38(14-12-36)71-37-8-2-1-3-9-37)45(47(53)63)48-54-20-17-41(55-48)35-18-21-59(22-19-35)51(66)42-33-60(58-57-42)23-25-68-27-29-70-31-30-69-28-26-67-24-5-7-34-6-4-10-39-40(34)32-61(50(39)65)43-15-16-44(62)56-49(43)64/h1-4,6,8-14,33,35,41,43H,5,7,15-32,52H2,(H2,53,63)(H,54,55)(H,56,62,64)/t41-,43?/m0/s1. The fourth-order valence-corrected chi connectivity index (χ4v) is 9.30. The number of primary amides is 1.